The maximum absolute atomic E-state index is 13.5. The Morgan fingerprint density at radius 1 is 1.08 bits per heavy atom. The average Bonchev–Trinajstić information content (AvgIpc) is 3.13. The highest BCUT2D eigenvalue weighted by Gasteiger charge is 2.36. The van der Waals surface area contributed by atoms with Gasteiger partial charge in [0.25, 0.3) is 10.0 Å². The van der Waals surface area contributed by atoms with E-state index in [2.05, 4.69) is 5.32 Å². The lowest BCUT2D eigenvalue weighted by Crippen LogP contribution is -2.49. The van der Waals surface area contributed by atoms with E-state index >= 15 is 0 Å². The molecule has 0 bridgehead atoms. The second-order valence-electron chi connectivity index (χ2n) is 6.29. The van der Waals surface area contributed by atoms with Crippen molar-refractivity contribution in [2.75, 3.05) is 10.8 Å². The molecule has 1 N–H and O–H groups in total. The van der Waals surface area contributed by atoms with Gasteiger partial charge in [-0.15, -0.1) is 0 Å². The Morgan fingerprint density at radius 3 is 2.35 bits per heavy atom. The van der Waals surface area contributed by atoms with Gasteiger partial charge >= 0.3 is 0 Å². The van der Waals surface area contributed by atoms with Crippen LogP contribution in [0.2, 0.25) is 15.1 Å². The molecule has 2 aromatic carbocycles. The minimum absolute atomic E-state index is 0.0344. The SMILES string of the molecule is CC([C@@H]1CCCN1)N(c1cc(Cl)ccc1Cl)S(=O)(=O)c1ccc(Cl)cc1. The Bertz CT molecular complexity index is 882. The fourth-order valence-electron chi connectivity index (χ4n) is 3.23. The van der Waals surface area contributed by atoms with Gasteiger partial charge in [0.2, 0.25) is 0 Å². The summed E-state index contributed by atoms with van der Waals surface area (Å²) in [6.07, 6.45) is 1.90. The summed E-state index contributed by atoms with van der Waals surface area (Å²) in [7, 11) is -3.86. The highest BCUT2D eigenvalue weighted by molar-refractivity contribution is 7.92. The molecular weight excluding hydrogens is 415 g/mol. The number of hydrogen-bond acceptors (Lipinski definition) is 3. The summed E-state index contributed by atoms with van der Waals surface area (Å²) in [5, 5.41) is 4.60. The molecule has 1 aliphatic rings. The van der Waals surface area contributed by atoms with Crippen molar-refractivity contribution in [2.24, 2.45) is 0 Å². The fraction of sp³-hybridized carbons (Fsp3) is 0.333. The van der Waals surface area contributed by atoms with Gasteiger partial charge in [-0.25, -0.2) is 8.42 Å². The molecule has 8 heteroatoms. The third-order valence-electron chi connectivity index (χ3n) is 4.57. The Morgan fingerprint density at radius 2 is 1.73 bits per heavy atom. The summed E-state index contributed by atoms with van der Waals surface area (Å²) in [6, 6.07) is 10.6. The Kier molecular flexibility index (Phi) is 6.04. The lowest BCUT2D eigenvalue weighted by atomic mass is 10.1. The van der Waals surface area contributed by atoms with Crippen LogP contribution < -0.4 is 9.62 Å². The van der Waals surface area contributed by atoms with Crippen LogP contribution in [-0.4, -0.2) is 27.0 Å². The predicted molar refractivity (Wildman–Crippen MR) is 108 cm³/mol. The number of benzene rings is 2. The van der Waals surface area contributed by atoms with Crippen LogP contribution in [0.5, 0.6) is 0 Å². The van der Waals surface area contributed by atoms with E-state index in [9.17, 15) is 8.42 Å². The number of rotatable bonds is 5. The van der Waals surface area contributed by atoms with E-state index in [1.165, 1.54) is 16.4 Å². The van der Waals surface area contributed by atoms with Crippen molar-refractivity contribution in [2.45, 2.75) is 36.7 Å². The van der Waals surface area contributed by atoms with Crippen LogP contribution >= 0.6 is 34.8 Å². The summed E-state index contributed by atoms with van der Waals surface area (Å²) in [4.78, 5) is 0.155. The molecule has 26 heavy (non-hydrogen) atoms. The van der Waals surface area contributed by atoms with Crippen LogP contribution in [0, 0.1) is 0 Å². The minimum Gasteiger partial charge on any atom is -0.312 e. The number of hydrogen-bond donors (Lipinski definition) is 1. The molecule has 0 amide bonds. The third kappa shape index (κ3) is 3.97. The largest absolute Gasteiger partial charge is 0.312 e. The van der Waals surface area contributed by atoms with Crippen molar-refractivity contribution in [1.82, 2.24) is 5.32 Å². The first-order valence-electron chi connectivity index (χ1n) is 8.29. The van der Waals surface area contributed by atoms with Crippen LogP contribution in [0.25, 0.3) is 0 Å². The molecule has 4 nitrogen and oxygen atoms in total. The van der Waals surface area contributed by atoms with Gasteiger partial charge in [-0.2, -0.15) is 0 Å². The normalized spacial score (nSPS) is 18.7. The average molecular weight is 434 g/mol. The number of sulfonamides is 1. The van der Waals surface area contributed by atoms with E-state index in [0.29, 0.717) is 20.8 Å². The molecule has 2 aromatic rings. The molecule has 0 aliphatic carbocycles. The molecule has 1 unspecified atom stereocenters. The summed E-state index contributed by atoms with van der Waals surface area (Å²) < 4.78 is 28.3. The van der Waals surface area contributed by atoms with E-state index < -0.39 is 10.0 Å². The van der Waals surface area contributed by atoms with Gasteiger partial charge in [0.1, 0.15) is 0 Å². The third-order valence-corrected chi connectivity index (χ3v) is 7.29. The van der Waals surface area contributed by atoms with E-state index in [4.69, 9.17) is 34.8 Å². The summed E-state index contributed by atoms with van der Waals surface area (Å²) in [5.41, 5.74) is 0.371. The Hall–Kier alpha value is -0.980. The lowest BCUT2D eigenvalue weighted by molar-refractivity contribution is 0.501. The van der Waals surface area contributed by atoms with Crippen molar-refractivity contribution < 1.29 is 8.42 Å². The van der Waals surface area contributed by atoms with Crippen LogP contribution in [-0.2, 0) is 10.0 Å². The molecule has 0 aromatic heterocycles. The zero-order valence-electron chi connectivity index (χ0n) is 14.1. The predicted octanol–water partition coefficient (Wildman–Crippen LogP) is 4.98. The highest BCUT2D eigenvalue weighted by atomic mass is 35.5. The van der Waals surface area contributed by atoms with E-state index in [1.54, 1.807) is 30.3 Å². The van der Waals surface area contributed by atoms with Crippen LogP contribution in [0.1, 0.15) is 19.8 Å². The Balaban J connectivity index is 2.13. The topological polar surface area (TPSA) is 49.4 Å². The van der Waals surface area contributed by atoms with Crippen molar-refractivity contribution in [3.63, 3.8) is 0 Å². The molecule has 1 heterocycles. The molecule has 0 spiro atoms. The molecule has 1 fully saturated rings. The summed E-state index contributed by atoms with van der Waals surface area (Å²) in [6.45, 7) is 2.75. The molecule has 140 valence electrons. The summed E-state index contributed by atoms with van der Waals surface area (Å²) in [5.74, 6) is 0. The van der Waals surface area contributed by atoms with Gasteiger partial charge < -0.3 is 5.32 Å². The molecule has 1 aliphatic heterocycles. The summed E-state index contributed by atoms with van der Waals surface area (Å²) >= 11 is 18.4. The van der Waals surface area contributed by atoms with Gasteiger partial charge in [0.05, 0.1) is 21.6 Å². The van der Waals surface area contributed by atoms with Crippen LogP contribution in [0.3, 0.4) is 0 Å². The maximum Gasteiger partial charge on any atom is 0.264 e. The number of nitrogens with zero attached hydrogens (tertiary/aromatic N) is 1. The van der Waals surface area contributed by atoms with Crippen molar-refractivity contribution in [3.8, 4) is 0 Å². The van der Waals surface area contributed by atoms with Crippen molar-refractivity contribution in [3.05, 3.63) is 57.5 Å². The standard InChI is InChI=1S/C18H19Cl3N2O2S/c1-12(17-3-2-10-22-17)23(18-11-14(20)6-9-16(18)21)26(24,25)15-7-4-13(19)5-8-15/h4-9,11-12,17,22H,2-3,10H2,1H3/t12?,17-/m0/s1. The van der Waals surface area contributed by atoms with Gasteiger partial charge in [0, 0.05) is 16.1 Å². The molecule has 2 atom stereocenters. The zero-order chi connectivity index (χ0) is 18.9. The maximum atomic E-state index is 13.5. The van der Waals surface area contributed by atoms with Crippen LogP contribution in [0.4, 0.5) is 5.69 Å². The van der Waals surface area contributed by atoms with Gasteiger partial charge in [-0.3, -0.25) is 4.31 Å². The number of anilines is 1. The lowest BCUT2D eigenvalue weighted by Gasteiger charge is -2.34. The number of halogens is 3. The first-order valence-corrected chi connectivity index (χ1v) is 10.9. The first kappa shape index (κ1) is 19.8. The zero-order valence-corrected chi connectivity index (χ0v) is 17.2. The van der Waals surface area contributed by atoms with E-state index in [-0.39, 0.29) is 17.0 Å². The van der Waals surface area contributed by atoms with Crippen molar-refractivity contribution >= 4 is 50.5 Å². The minimum atomic E-state index is -3.86. The monoisotopic (exact) mass is 432 g/mol. The second kappa shape index (κ2) is 7.95. The smallest absolute Gasteiger partial charge is 0.264 e. The van der Waals surface area contributed by atoms with E-state index in [0.717, 1.165) is 19.4 Å². The Labute approximate surface area is 169 Å². The van der Waals surface area contributed by atoms with Gasteiger partial charge in [-0.05, 0) is 68.8 Å². The second-order valence-corrected chi connectivity index (χ2v) is 9.39. The molecule has 1 saturated heterocycles. The highest BCUT2D eigenvalue weighted by Crippen LogP contribution is 2.36. The van der Waals surface area contributed by atoms with E-state index in [1.807, 2.05) is 6.92 Å². The van der Waals surface area contributed by atoms with Gasteiger partial charge in [-0.1, -0.05) is 34.8 Å². The fourth-order valence-corrected chi connectivity index (χ4v) is 5.48. The van der Waals surface area contributed by atoms with Crippen LogP contribution in [0.15, 0.2) is 47.4 Å². The quantitative estimate of drug-likeness (QED) is 0.723. The molecular formula is C18H19Cl3N2O2S. The molecule has 0 saturated carbocycles. The van der Waals surface area contributed by atoms with Crippen molar-refractivity contribution in [1.29, 1.82) is 0 Å². The molecule has 0 radical (unpaired) electrons. The van der Waals surface area contributed by atoms with Gasteiger partial charge in [0.15, 0.2) is 0 Å². The molecule has 3 rings (SSSR count). The first-order chi connectivity index (χ1) is 12.3. The number of nitrogens with one attached hydrogen (secondary N) is 1.